The third-order valence-corrected chi connectivity index (χ3v) is 5.45. The summed E-state index contributed by atoms with van der Waals surface area (Å²) in [4.78, 5) is 23.7. The second-order valence-corrected chi connectivity index (χ2v) is 7.67. The van der Waals surface area contributed by atoms with Crippen LogP contribution in [0.5, 0.6) is 11.6 Å². The molecule has 2 aromatic heterocycles. The molecule has 0 aliphatic rings. The highest BCUT2D eigenvalue weighted by molar-refractivity contribution is 7.61. The van der Waals surface area contributed by atoms with Crippen LogP contribution in [0, 0.1) is 5.82 Å². The lowest BCUT2D eigenvalue weighted by atomic mass is 10.1. The Morgan fingerprint density at radius 3 is 2.44 bits per heavy atom. The van der Waals surface area contributed by atoms with Gasteiger partial charge in [0, 0.05) is 23.2 Å². The molecule has 0 saturated heterocycles. The number of hydrogen-bond acceptors (Lipinski definition) is 4. The van der Waals surface area contributed by atoms with Crippen LogP contribution in [0.2, 0.25) is 0 Å². The summed E-state index contributed by atoms with van der Waals surface area (Å²) in [6, 6.07) is 8.55. The number of fused-ring (bicyclic) bond motifs is 2. The molecule has 2 heterocycles. The summed E-state index contributed by atoms with van der Waals surface area (Å²) in [5.74, 6) is -1.14. The van der Waals surface area contributed by atoms with Gasteiger partial charge in [0.15, 0.2) is 5.75 Å². The average molecular weight is 388 g/mol. The van der Waals surface area contributed by atoms with Gasteiger partial charge in [-0.2, -0.15) is 0 Å². The van der Waals surface area contributed by atoms with Crippen LogP contribution in [0.4, 0.5) is 4.39 Å². The lowest BCUT2D eigenvalue weighted by molar-refractivity contribution is 0.388. The van der Waals surface area contributed by atoms with Crippen molar-refractivity contribution in [1.29, 1.82) is 0 Å². The monoisotopic (exact) mass is 388 g/mol. The first-order valence-electron chi connectivity index (χ1n) is 7.89. The van der Waals surface area contributed by atoms with Gasteiger partial charge in [0.1, 0.15) is 11.3 Å². The minimum absolute atomic E-state index is 0.0156. The molecule has 2 aromatic carbocycles. The maximum absolute atomic E-state index is 13.1. The smallest absolute Gasteiger partial charge is 0.357 e. The Bertz CT molecular complexity index is 1230. The highest BCUT2D eigenvalue weighted by Gasteiger charge is 2.29. The van der Waals surface area contributed by atoms with Gasteiger partial charge in [-0.25, -0.2) is 4.39 Å². The van der Waals surface area contributed by atoms with Gasteiger partial charge in [-0.3, -0.25) is 9.55 Å². The molecule has 4 aromatic rings. The van der Waals surface area contributed by atoms with E-state index >= 15 is 0 Å². The number of hydrogen-bond donors (Lipinski definition) is 4. The molecule has 138 valence electrons. The second-order valence-electron chi connectivity index (χ2n) is 6.14. The molecule has 0 unspecified atom stereocenters. The van der Waals surface area contributed by atoms with E-state index in [2.05, 4.69) is 4.98 Å². The van der Waals surface area contributed by atoms with Gasteiger partial charge in [0.2, 0.25) is 5.88 Å². The maximum atomic E-state index is 13.1. The van der Waals surface area contributed by atoms with Gasteiger partial charge in [-0.15, -0.1) is 0 Å². The van der Waals surface area contributed by atoms with E-state index in [1.807, 2.05) is 0 Å². The molecule has 4 N–H and O–H groups in total. The van der Waals surface area contributed by atoms with E-state index in [9.17, 15) is 29.0 Å². The summed E-state index contributed by atoms with van der Waals surface area (Å²) in [7, 11) is -4.75. The van der Waals surface area contributed by atoms with Gasteiger partial charge in [0.05, 0.1) is 17.2 Å². The van der Waals surface area contributed by atoms with Crippen LogP contribution in [0.15, 0.2) is 48.8 Å². The summed E-state index contributed by atoms with van der Waals surface area (Å²) in [5, 5.41) is 20.9. The van der Waals surface area contributed by atoms with Crippen LogP contribution in [-0.4, -0.2) is 29.6 Å². The van der Waals surface area contributed by atoms with E-state index in [0.29, 0.717) is 5.56 Å². The lowest BCUT2D eigenvalue weighted by Gasteiger charge is -2.11. The number of halogens is 1. The molecule has 0 atom stereocenters. The number of phenols is 1. The Hall–Kier alpha value is -2.93. The summed E-state index contributed by atoms with van der Waals surface area (Å²) < 4.78 is 26.6. The molecule has 0 bridgehead atoms. The van der Waals surface area contributed by atoms with Crippen LogP contribution in [-0.2, 0) is 11.1 Å². The third-order valence-electron chi connectivity index (χ3n) is 4.39. The highest BCUT2D eigenvalue weighted by atomic mass is 31.2. The summed E-state index contributed by atoms with van der Waals surface area (Å²) >= 11 is 0. The van der Waals surface area contributed by atoms with Crippen LogP contribution < -0.4 is 5.30 Å². The van der Waals surface area contributed by atoms with Crippen molar-refractivity contribution in [2.24, 2.45) is 0 Å². The number of aromatic nitrogens is 2. The van der Waals surface area contributed by atoms with Crippen molar-refractivity contribution in [1.82, 2.24) is 9.55 Å². The van der Waals surface area contributed by atoms with Crippen LogP contribution in [0.1, 0.15) is 5.56 Å². The Morgan fingerprint density at radius 1 is 1.07 bits per heavy atom. The zero-order chi connectivity index (χ0) is 19.3. The number of rotatable bonds is 3. The number of phenolic OH excluding ortho intramolecular Hbond substituents is 1. The SMILES string of the molecule is O=P(O)(O)c1c2cccnc2c(O)c2c(O)n(Cc3ccc(F)cc3)cc12. The minimum Gasteiger partial charge on any atom is -0.505 e. The van der Waals surface area contributed by atoms with E-state index in [1.54, 1.807) is 0 Å². The molecule has 0 spiro atoms. The summed E-state index contributed by atoms with van der Waals surface area (Å²) in [6.45, 7) is 0.116. The quantitative estimate of drug-likeness (QED) is 0.401. The predicted molar refractivity (Wildman–Crippen MR) is 97.7 cm³/mol. The van der Waals surface area contributed by atoms with Crippen LogP contribution in [0.3, 0.4) is 0 Å². The topological polar surface area (TPSA) is 116 Å². The first-order chi connectivity index (χ1) is 12.8. The lowest BCUT2D eigenvalue weighted by Crippen LogP contribution is -2.07. The van der Waals surface area contributed by atoms with Gasteiger partial charge in [-0.1, -0.05) is 18.2 Å². The molecular weight excluding hydrogens is 374 g/mol. The fourth-order valence-electron chi connectivity index (χ4n) is 3.23. The highest BCUT2D eigenvalue weighted by Crippen LogP contribution is 2.46. The molecule has 0 radical (unpaired) electrons. The maximum Gasteiger partial charge on any atom is 0.357 e. The zero-order valence-corrected chi connectivity index (χ0v) is 14.6. The Morgan fingerprint density at radius 2 is 1.78 bits per heavy atom. The van der Waals surface area contributed by atoms with E-state index in [1.165, 1.54) is 53.4 Å². The number of nitrogens with zero attached hydrogens (tertiary/aromatic N) is 2. The molecular formula is C18H14FN2O5P. The normalized spacial score (nSPS) is 12.1. The van der Waals surface area contributed by atoms with Gasteiger partial charge in [0.25, 0.3) is 0 Å². The molecule has 0 aliphatic carbocycles. The number of benzene rings is 2. The molecule has 0 aliphatic heterocycles. The fraction of sp³-hybridized carbons (Fsp3) is 0.0556. The second kappa shape index (κ2) is 6.06. The fourth-order valence-corrected chi connectivity index (χ4v) is 4.21. The third kappa shape index (κ3) is 2.84. The summed E-state index contributed by atoms with van der Waals surface area (Å²) in [5.41, 5.74) is 0.644. The molecule has 7 nitrogen and oxygen atoms in total. The predicted octanol–water partition coefficient (Wildman–Crippen LogP) is 2.59. The molecule has 0 saturated carbocycles. The zero-order valence-electron chi connectivity index (χ0n) is 13.7. The summed E-state index contributed by atoms with van der Waals surface area (Å²) in [6.07, 6.45) is 2.73. The van der Waals surface area contributed by atoms with Crippen LogP contribution >= 0.6 is 7.60 Å². The van der Waals surface area contributed by atoms with Crippen molar-refractivity contribution in [2.75, 3.05) is 0 Å². The molecule has 27 heavy (non-hydrogen) atoms. The molecule has 4 rings (SSSR count). The van der Waals surface area contributed by atoms with Crippen molar-refractivity contribution in [2.45, 2.75) is 6.54 Å². The van der Waals surface area contributed by atoms with Crippen molar-refractivity contribution in [3.05, 3.63) is 60.2 Å². The van der Waals surface area contributed by atoms with Gasteiger partial charge < -0.3 is 24.6 Å². The molecule has 9 heteroatoms. The van der Waals surface area contributed by atoms with E-state index < -0.39 is 13.4 Å². The van der Waals surface area contributed by atoms with Crippen molar-refractivity contribution < 1.29 is 29.0 Å². The van der Waals surface area contributed by atoms with Crippen molar-refractivity contribution in [3.8, 4) is 11.6 Å². The van der Waals surface area contributed by atoms with E-state index in [-0.39, 0.29) is 45.2 Å². The largest absolute Gasteiger partial charge is 0.505 e. The Balaban J connectivity index is 2.03. The van der Waals surface area contributed by atoms with Crippen molar-refractivity contribution >= 4 is 34.6 Å². The first kappa shape index (κ1) is 17.5. The average Bonchev–Trinajstić information content (AvgIpc) is 2.92. The van der Waals surface area contributed by atoms with E-state index in [4.69, 9.17) is 0 Å². The van der Waals surface area contributed by atoms with E-state index in [0.717, 1.165) is 0 Å². The Kier molecular flexibility index (Phi) is 3.92. The van der Waals surface area contributed by atoms with Crippen molar-refractivity contribution in [3.63, 3.8) is 0 Å². The minimum atomic E-state index is -4.75. The number of aromatic hydroxyl groups is 2. The molecule has 0 fully saturated rings. The number of pyridine rings is 1. The first-order valence-corrected chi connectivity index (χ1v) is 9.50. The standard InChI is InChI=1S/C18H14FN2O5P/c19-11-5-3-10(4-6-11)8-21-9-13-14(18(21)23)16(22)15-12(2-1-7-20-15)17(13)27(24,25)26/h1-7,9,22-23H,8H2,(H2,24,25,26). The van der Waals surface area contributed by atoms with Gasteiger partial charge in [-0.05, 0) is 23.8 Å². The molecule has 0 amide bonds. The Labute approximate surface area is 152 Å². The van der Waals surface area contributed by atoms with Crippen LogP contribution in [0.25, 0.3) is 21.7 Å². The van der Waals surface area contributed by atoms with Gasteiger partial charge >= 0.3 is 7.60 Å².